The number of hydrogen-bond acceptors (Lipinski definition) is 3. The highest BCUT2D eigenvalue weighted by atomic mass is 32.2. The molecule has 0 fully saturated rings. The lowest BCUT2D eigenvalue weighted by molar-refractivity contribution is 0.107. The Balaban J connectivity index is 1.93. The molecule has 176 valence electrons. The molecule has 5 heteroatoms. The minimum atomic E-state index is -3.62. The van der Waals surface area contributed by atoms with Crippen LogP contribution in [0.25, 0.3) is 0 Å². The van der Waals surface area contributed by atoms with Gasteiger partial charge in [0.15, 0.2) is 0 Å². The third-order valence-electron chi connectivity index (χ3n) is 6.05. The van der Waals surface area contributed by atoms with Crippen molar-refractivity contribution in [3.63, 3.8) is 0 Å². The third kappa shape index (κ3) is 7.00. The molecule has 33 heavy (non-hydrogen) atoms. The van der Waals surface area contributed by atoms with Crippen LogP contribution >= 0.6 is 0 Å². The Bertz CT molecular complexity index is 1040. The average Bonchev–Trinajstić information content (AvgIpc) is 2.80. The van der Waals surface area contributed by atoms with Gasteiger partial charge in [0.1, 0.15) is 0 Å². The van der Waals surface area contributed by atoms with Crippen LogP contribution in [0.1, 0.15) is 43.9 Å². The largest absolute Gasteiger partial charge is 0.290 e. The molecule has 0 saturated heterocycles. The average molecular weight is 465 g/mol. The molecule has 0 aromatic heterocycles. The maximum Gasteiger partial charge on any atom is 0.240 e. The summed E-state index contributed by atoms with van der Waals surface area (Å²) in [5.74, 6) is 0.253. The zero-order chi connectivity index (χ0) is 23.8. The second-order valence-electron chi connectivity index (χ2n) is 9.06. The summed E-state index contributed by atoms with van der Waals surface area (Å²) < 4.78 is 29.5. The zero-order valence-corrected chi connectivity index (χ0v) is 20.9. The Morgan fingerprint density at radius 1 is 0.788 bits per heavy atom. The van der Waals surface area contributed by atoms with Crippen molar-refractivity contribution in [3.8, 4) is 0 Å². The van der Waals surface area contributed by atoms with E-state index in [0.29, 0.717) is 11.3 Å². The van der Waals surface area contributed by atoms with E-state index < -0.39 is 10.0 Å². The highest BCUT2D eigenvalue weighted by molar-refractivity contribution is 7.89. The molecule has 4 nitrogen and oxygen atoms in total. The smallest absolute Gasteiger partial charge is 0.240 e. The maximum atomic E-state index is 13.2. The highest BCUT2D eigenvalue weighted by Crippen LogP contribution is 2.24. The second kappa shape index (κ2) is 11.6. The van der Waals surface area contributed by atoms with Crippen LogP contribution in [-0.2, 0) is 23.1 Å². The van der Waals surface area contributed by atoms with Crippen LogP contribution in [0.3, 0.4) is 0 Å². The molecule has 0 heterocycles. The highest BCUT2D eigenvalue weighted by Gasteiger charge is 2.32. The van der Waals surface area contributed by atoms with E-state index in [9.17, 15) is 8.42 Å². The van der Waals surface area contributed by atoms with Crippen LogP contribution in [0.15, 0.2) is 89.8 Å². The summed E-state index contributed by atoms with van der Waals surface area (Å²) in [6.07, 6.45) is 0.702. The first kappa shape index (κ1) is 25.2. The molecule has 0 spiro atoms. The zero-order valence-electron chi connectivity index (χ0n) is 20.1. The minimum Gasteiger partial charge on any atom is -0.290 e. The first-order valence-electron chi connectivity index (χ1n) is 11.7. The van der Waals surface area contributed by atoms with Gasteiger partial charge in [-0.2, -0.15) is 0 Å². The van der Waals surface area contributed by atoms with E-state index in [2.05, 4.69) is 78.9 Å². The molecule has 0 unspecified atom stereocenters. The summed E-state index contributed by atoms with van der Waals surface area (Å²) in [7, 11) is -3.62. The Labute approximate surface area is 199 Å². The van der Waals surface area contributed by atoms with Gasteiger partial charge in [0.25, 0.3) is 0 Å². The fourth-order valence-corrected chi connectivity index (χ4v) is 5.76. The number of nitrogens with one attached hydrogen (secondary N) is 1. The van der Waals surface area contributed by atoms with Crippen LogP contribution in [0, 0.1) is 12.8 Å². The molecular weight excluding hydrogens is 428 g/mol. The summed E-state index contributed by atoms with van der Waals surface area (Å²) >= 11 is 0. The fourth-order valence-electron chi connectivity index (χ4n) is 4.42. The first-order valence-corrected chi connectivity index (χ1v) is 13.2. The number of aryl methyl sites for hydroxylation is 1. The van der Waals surface area contributed by atoms with Crippen LogP contribution in [-0.4, -0.2) is 25.4 Å². The standard InChI is InChI=1S/C28H36N2O2S/c1-5-27(29-33(31,32)26-18-16-23(4)17-19-26)28(22(2)3)30(20-24-12-8-6-9-13-24)21-25-14-10-7-11-15-25/h6-19,22,27-29H,5,20-21H2,1-4H3/t27-,28+/m1/s1. The lowest BCUT2D eigenvalue weighted by atomic mass is 9.92. The monoisotopic (exact) mass is 464 g/mol. The Morgan fingerprint density at radius 2 is 1.27 bits per heavy atom. The molecule has 0 radical (unpaired) electrons. The fraction of sp³-hybridized carbons (Fsp3) is 0.357. The van der Waals surface area contributed by atoms with Crippen molar-refractivity contribution in [2.75, 3.05) is 0 Å². The van der Waals surface area contributed by atoms with Crippen LogP contribution < -0.4 is 4.72 Å². The van der Waals surface area contributed by atoms with Crippen LogP contribution in [0.5, 0.6) is 0 Å². The number of hydrogen-bond donors (Lipinski definition) is 1. The van der Waals surface area contributed by atoms with E-state index in [1.54, 1.807) is 12.1 Å². The molecule has 0 amide bonds. The molecule has 3 rings (SSSR count). The van der Waals surface area contributed by atoms with Gasteiger partial charge in [-0.25, -0.2) is 13.1 Å². The summed E-state index contributed by atoms with van der Waals surface area (Å²) in [6, 6.07) is 27.6. The molecule has 2 atom stereocenters. The lowest BCUT2D eigenvalue weighted by Crippen LogP contribution is -2.53. The molecule has 0 aliphatic carbocycles. The minimum absolute atomic E-state index is 0.0237. The number of rotatable bonds is 11. The molecule has 3 aromatic rings. The summed E-state index contributed by atoms with van der Waals surface area (Å²) in [5.41, 5.74) is 3.48. The summed E-state index contributed by atoms with van der Waals surface area (Å²) in [4.78, 5) is 2.73. The molecule has 0 aliphatic rings. The summed E-state index contributed by atoms with van der Waals surface area (Å²) in [5, 5.41) is 0. The van der Waals surface area contributed by atoms with Gasteiger partial charge >= 0.3 is 0 Å². The molecule has 0 saturated carbocycles. The normalized spacial score (nSPS) is 13.9. The number of nitrogens with zero attached hydrogens (tertiary/aromatic N) is 1. The van der Waals surface area contributed by atoms with E-state index in [4.69, 9.17) is 0 Å². The van der Waals surface area contributed by atoms with E-state index >= 15 is 0 Å². The lowest BCUT2D eigenvalue weighted by Gasteiger charge is -2.40. The molecule has 1 N–H and O–H groups in total. The van der Waals surface area contributed by atoms with Crippen molar-refractivity contribution in [1.29, 1.82) is 0 Å². The van der Waals surface area contributed by atoms with Gasteiger partial charge in [-0.15, -0.1) is 0 Å². The van der Waals surface area contributed by atoms with Crippen molar-refractivity contribution in [2.45, 2.75) is 64.2 Å². The van der Waals surface area contributed by atoms with Gasteiger partial charge in [-0.3, -0.25) is 4.90 Å². The van der Waals surface area contributed by atoms with Crippen molar-refractivity contribution >= 4 is 10.0 Å². The van der Waals surface area contributed by atoms with Crippen LogP contribution in [0.2, 0.25) is 0 Å². The molecular formula is C28H36N2O2S. The van der Waals surface area contributed by atoms with Gasteiger partial charge in [0.2, 0.25) is 10.0 Å². The maximum absolute atomic E-state index is 13.2. The van der Waals surface area contributed by atoms with Gasteiger partial charge in [-0.1, -0.05) is 99.1 Å². The van der Waals surface area contributed by atoms with E-state index in [1.165, 1.54) is 11.1 Å². The van der Waals surface area contributed by atoms with Gasteiger partial charge in [0.05, 0.1) is 4.90 Å². The SMILES string of the molecule is CC[C@@H](NS(=O)(=O)c1ccc(C)cc1)[C@H](C(C)C)N(Cc1ccccc1)Cc1ccccc1. The van der Waals surface area contributed by atoms with Crippen molar-refractivity contribution in [3.05, 3.63) is 102 Å². The van der Waals surface area contributed by atoms with Gasteiger partial charge < -0.3 is 0 Å². The van der Waals surface area contributed by atoms with Crippen LogP contribution in [0.4, 0.5) is 0 Å². The number of benzene rings is 3. The van der Waals surface area contributed by atoms with Crippen molar-refractivity contribution in [1.82, 2.24) is 9.62 Å². The van der Waals surface area contributed by atoms with Crippen molar-refractivity contribution < 1.29 is 8.42 Å². The van der Waals surface area contributed by atoms with E-state index in [-0.39, 0.29) is 18.0 Å². The first-order chi connectivity index (χ1) is 15.8. The van der Waals surface area contributed by atoms with E-state index in [1.807, 2.05) is 31.2 Å². The van der Waals surface area contributed by atoms with Gasteiger partial charge in [-0.05, 0) is 42.5 Å². The third-order valence-corrected chi connectivity index (χ3v) is 7.56. The number of sulfonamides is 1. The predicted octanol–water partition coefficient (Wildman–Crippen LogP) is 5.78. The molecule has 0 aliphatic heterocycles. The molecule has 0 bridgehead atoms. The topological polar surface area (TPSA) is 49.4 Å². The second-order valence-corrected chi connectivity index (χ2v) is 10.8. The summed E-state index contributed by atoms with van der Waals surface area (Å²) in [6.45, 7) is 9.87. The van der Waals surface area contributed by atoms with Gasteiger partial charge in [0, 0.05) is 25.2 Å². The van der Waals surface area contributed by atoms with Crippen molar-refractivity contribution in [2.24, 2.45) is 5.92 Å². The Morgan fingerprint density at radius 3 is 1.70 bits per heavy atom. The Hall–Kier alpha value is -2.47. The predicted molar refractivity (Wildman–Crippen MR) is 136 cm³/mol. The van der Waals surface area contributed by atoms with E-state index in [0.717, 1.165) is 18.7 Å². The Kier molecular flexibility index (Phi) is 8.84. The molecule has 3 aromatic carbocycles. The quantitative estimate of drug-likeness (QED) is 0.391.